The van der Waals surface area contributed by atoms with Gasteiger partial charge < -0.3 is 4.74 Å². The summed E-state index contributed by atoms with van der Waals surface area (Å²) < 4.78 is 33.6. The van der Waals surface area contributed by atoms with Crippen molar-refractivity contribution < 1.29 is 17.9 Å². The molecule has 7 nitrogen and oxygen atoms in total. The molecule has 0 aliphatic rings. The number of ether oxygens (including phenoxy) is 1. The molecule has 0 unspecified atom stereocenters. The van der Waals surface area contributed by atoms with Crippen molar-refractivity contribution >= 4 is 15.9 Å². The first-order valence-corrected chi connectivity index (χ1v) is 10.0. The van der Waals surface area contributed by atoms with Crippen LogP contribution in [-0.2, 0) is 14.8 Å². The third kappa shape index (κ3) is 6.06. The van der Waals surface area contributed by atoms with Gasteiger partial charge in [0.15, 0.2) is 0 Å². The number of rotatable bonds is 8. The van der Waals surface area contributed by atoms with Gasteiger partial charge in [-0.2, -0.15) is 0 Å². The van der Waals surface area contributed by atoms with Crippen molar-refractivity contribution in [2.24, 2.45) is 5.84 Å². The van der Waals surface area contributed by atoms with E-state index in [1.165, 1.54) is 12.1 Å². The molecule has 1 amide bonds. The molecular formula is C19H25N3O4S. The fourth-order valence-electron chi connectivity index (χ4n) is 2.50. The second-order valence-electron chi connectivity index (χ2n) is 6.49. The Balaban J connectivity index is 2.28. The molecule has 0 aliphatic carbocycles. The van der Waals surface area contributed by atoms with Crippen molar-refractivity contribution in [2.75, 3.05) is 0 Å². The summed E-state index contributed by atoms with van der Waals surface area (Å²) in [7, 11) is -3.81. The van der Waals surface area contributed by atoms with Crippen molar-refractivity contribution in [1.29, 1.82) is 0 Å². The number of hydrogen-bond acceptors (Lipinski definition) is 5. The quantitative estimate of drug-likeness (QED) is 0.363. The van der Waals surface area contributed by atoms with E-state index in [-0.39, 0.29) is 17.4 Å². The van der Waals surface area contributed by atoms with E-state index in [0.717, 1.165) is 5.56 Å². The van der Waals surface area contributed by atoms with Gasteiger partial charge in [-0.1, -0.05) is 29.8 Å². The van der Waals surface area contributed by atoms with Gasteiger partial charge in [0.1, 0.15) is 5.75 Å². The third-order valence-corrected chi connectivity index (χ3v) is 5.32. The number of amides is 1. The molecule has 0 aliphatic heterocycles. The van der Waals surface area contributed by atoms with Crippen LogP contribution >= 0.6 is 0 Å². The average Bonchev–Trinajstić information content (AvgIpc) is 2.61. The first-order valence-electron chi connectivity index (χ1n) is 8.56. The minimum absolute atomic E-state index is 0.0229. The maximum Gasteiger partial charge on any atom is 0.241 e. The van der Waals surface area contributed by atoms with Crippen LogP contribution < -0.4 is 20.7 Å². The molecule has 0 radical (unpaired) electrons. The molecule has 0 saturated carbocycles. The van der Waals surface area contributed by atoms with Crippen LogP contribution in [0.15, 0.2) is 53.4 Å². The molecule has 2 rings (SSSR count). The SMILES string of the molecule is Cc1ccc(S(=O)(=O)N[C@H](CC(=O)NN)c2ccc(OC(C)C)cc2)cc1. The van der Waals surface area contributed by atoms with E-state index in [4.69, 9.17) is 10.6 Å². The van der Waals surface area contributed by atoms with E-state index in [9.17, 15) is 13.2 Å². The Morgan fingerprint density at radius 3 is 2.19 bits per heavy atom. The highest BCUT2D eigenvalue weighted by atomic mass is 32.2. The highest BCUT2D eigenvalue weighted by Crippen LogP contribution is 2.23. The summed E-state index contributed by atoms with van der Waals surface area (Å²) in [5, 5.41) is 0. The Bertz CT molecular complexity index is 863. The maximum absolute atomic E-state index is 12.7. The summed E-state index contributed by atoms with van der Waals surface area (Å²) in [4.78, 5) is 11.9. The second-order valence-corrected chi connectivity index (χ2v) is 8.21. The fraction of sp³-hybridized carbons (Fsp3) is 0.316. The largest absolute Gasteiger partial charge is 0.491 e. The van der Waals surface area contributed by atoms with Gasteiger partial charge in [-0.25, -0.2) is 19.0 Å². The van der Waals surface area contributed by atoms with Gasteiger partial charge in [0.05, 0.1) is 17.0 Å². The van der Waals surface area contributed by atoms with E-state index in [2.05, 4.69) is 4.72 Å². The standard InChI is InChI=1S/C19H25N3O4S/c1-13(2)26-16-8-6-15(7-9-16)18(12-19(23)21-20)22-27(24,25)17-10-4-14(3)5-11-17/h4-11,13,18,22H,12,20H2,1-3H3,(H,21,23)/t18-/m1/s1. The Hall–Kier alpha value is -2.42. The van der Waals surface area contributed by atoms with Gasteiger partial charge in [0.25, 0.3) is 0 Å². The molecule has 0 spiro atoms. The highest BCUT2D eigenvalue weighted by molar-refractivity contribution is 7.89. The summed E-state index contributed by atoms with van der Waals surface area (Å²) in [6, 6.07) is 12.6. The monoisotopic (exact) mass is 391 g/mol. The lowest BCUT2D eigenvalue weighted by molar-refractivity contribution is -0.121. The molecule has 0 fully saturated rings. The predicted octanol–water partition coefficient (Wildman–Crippen LogP) is 2.18. The smallest absolute Gasteiger partial charge is 0.241 e. The number of hydrazine groups is 1. The zero-order valence-electron chi connectivity index (χ0n) is 15.6. The zero-order chi connectivity index (χ0) is 20.0. The van der Waals surface area contributed by atoms with Crippen LogP contribution in [0.3, 0.4) is 0 Å². The lowest BCUT2D eigenvalue weighted by Crippen LogP contribution is -2.36. The van der Waals surface area contributed by atoms with E-state index in [1.807, 2.05) is 26.2 Å². The summed E-state index contributed by atoms with van der Waals surface area (Å²) in [5.74, 6) is 5.36. The number of aryl methyl sites for hydroxylation is 1. The molecule has 0 saturated heterocycles. The number of carbonyl (C=O) groups excluding carboxylic acids is 1. The molecule has 0 aromatic heterocycles. The molecule has 0 heterocycles. The molecule has 4 N–H and O–H groups in total. The van der Waals surface area contributed by atoms with Gasteiger partial charge in [-0.3, -0.25) is 10.2 Å². The predicted molar refractivity (Wildman–Crippen MR) is 103 cm³/mol. The number of hydrogen-bond donors (Lipinski definition) is 3. The van der Waals surface area contributed by atoms with Gasteiger partial charge in [0.2, 0.25) is 15.9 Å². The van der Waals surface area contributed by atoms with E-state index in [1.54, 1.807) is 36.4 Å². The normalized spacial score (nSPS) is 12.6. The zero-order valence-corrected chi connectivity index (χ0v) is 16.4. The lowest BCUT2D eigenvalue weighted by atomic mass is 10.0. The minimum atomic E-state index is -3.81. The van der Waals surface area contributed by atoms with Crippen molar-refractivity contribution in [3.8, 4) is 5.75 Å². The summed E-state index contributed by atoms with van der Waals surface area (Å²) in [5.41, 5.74) is 3.62. The number of nitrogens with one attached hydrogen (secondary N) is 2. The highest BCUT2D eigenvalue weighted by Gasteiger charge is 2.23. The summed E-state index contributed by atoms with van der Waals surface area (Å²) in [6.45, 7) is 5.70. The van der Waals surface area contributed by atoms with Crippen LogP contribution in [0, 0.1) is 6.92 Å². The molecule has 2 aromatic carbocycles. The Morgan fingerprint density at radius 2 is 1.67 bits per heavy atom. The van der Waals surface area contributed by atoms with E-state index < -0.39 is 22.0 Å². The number of benzene rings is 2. The molecule has 146 valence electrons. The van der Waals surface area contributed by atoms with Gasteiger partial charge in [-0.15, -0.1) is 0 Å². The Labute approximate surface area is 159 Å². The fourth-order valence-corrected chi connectivity index (χ4v) is 3.72. The van der Waals surface area contributed by atoms with Crippen molar-refractivity contribution in [3.05, 3.63) is 59.7 Å². The van der Waals surface area contributed by atoms with Gasteiger partial charge in [-0.05, 0) is 50.6 Å². The van der Waals surface area contributed by atoms with Crippen molar-refractivity contribution in [2.45, 2.75) is 44.2 Å². The number of nitrogens with two attached hydrogens (primary N) is 1. The van der Waals surface area contributed by atoms with Crippen molar-refractivity contribution in [1.82, 2.24) is 10.1 Å². The molecular weight excluding hydrogens is 366 g/mol. The van der Waals surface area contributed by atoms with Crippen LogP contribution in [-0.4, -0.2) is 20.4 Å². The first-order chi connectivity index (χ1) is 12.7. The average molecular weight is 391 g/mol. The number of carbonyl (C=O) groups is 1. The maximum atomic E-state index is 12.7. The molecule has 0 bridgehead atoms. The topological polar surface area (TPSA) is 111 Å². The number of sulfonamides is 1. The molecule has 1 atom stereocenters. The third-order valence-electron chi connectivity index (χ3n) is 3.83. The van der Waals surface area contributed by atoms with Crippen LogP contribution in [0.4, 0.5) is 0 Å². The Morgan fingerprint density at radius 1 is 1.07 bits per heavy atom. The minimum Gasteiger partial charge on any atom is -0.491 e. The lowest BCUT2D eigenvalue weighted by Gasteiger charge is -2.19. The van der Waals surface area contributed by atoms with Gasteiger partial charge in [0, 0.05) is 6.42 Å². The van der Waals surface area contributed by atoms with E-state index >= 15 is 0 Å². The van der Waals surface area contributed by atoms with E-state index in [0.29, 0.717) is 11.3 Å². The van der Waals surface area contributed by atoms with Crippen LogP contribution in [0.5, 0.6) is 5.75 Å². The summed E-state index contributed by atoms with van der Waals surface area (Å²) >= 11 is 0. The Kier molecular flexibility index (Phi) is 6.95. The van der Waals surface area contributed by atoms with Crippen LogP contribution in [0.2, 0.25) is 0 Å². The van der Waals surface area contributed by atoms with Gasteiger partial charge >= 0.3 is 0 Å². The summed E-state index contributed by atoms with van der Waals surface area (Å²) in [6.07, 6.45) is -0.110. The van der Waals surface area contributed by atoms with Crippen molar-refractivity contribution in [3.63, 3.8) is 0 Å². The van der Waals surface area contributed by atoms with Crippen LogP contribution in [0.1, 0.15) is 37.4 Å². The molecule has 8 heteroatoms. The first kappa shape index (κ1) is 20.9. The molecule has 27 heavy (non-hydrogen) atoms. The van der Waals surface area contributed by atoms with Crippen LogP contribution in [0.25, 0.3) is 0 Å². The second kappa shape index (κ2) is 8.98. The molecule has 2 aromatic rings.